The van der Waals surface area contributed by atoms with Crippen molar-refractivity contribution >= 4 is 0 Å². The Hall–Kier alpha value is -0.120. The summed E-state index contributed by atoms with van der Waals surface area (Å²) < 4.78 is 5.66. The Balaban J connectivity index is 2.30. The van der Waals surface area contributed by atoms with E-state index in [0.29, 0.717) is 12.0 Å². The molecule has 1 heterocycles. The van der Waals surface area contributed by atoms with Crippen LogP contribution in [0.1, 0.15) is 40.0 Å². The maximum atomic E-state index is 10.0. The normalized spacial score (nSPS) is 26.6. The van der Waals surface area contributed by atoms with Crippen molar-refractivity contribution < 1.29 is 9.84 Å². The van der Waals surface area contributed by atoms with E-state index in [0.717, 1.165) is 32.7 Å². The zero-order chi connectivity index (χ0) is 12.0. The number of piperidine rings is 1. The summed E-state index contributed by atoms with van der Waals surface area (Å²) in [5.41, 5.74) is 0. The molecule has 3 unspecified atom stereocenters. The van der Waals surface area contributed by atoms with Gasteiger partial charge in [-0.3, -0.25) is 4.90 Å². The minimum atomic E-state index is -0.189. The summed E-state index contributed by atoms with van der Waals surface area (Å²) in [5, 5.41) is 10.0. The van der Waals surface area contributed by atoms with Gasteiger partial charge in [-0.25, -0.2) is 0 Å². The summed E-state index contributed by atoms with van der Waals surface area (Å²) in [5.74, 6) is 0.396. The summed E-state index contributed by atoms with van der Waals surface area (Å²) in [4.78, 5) is 2.35. The van der Waals surface area contributed by atoms with Gasteiger partial charge >= 0.3 is 0 Å². The van der Waals surface area contributed by atoms with Crippen molar-refractivity contribution in [3.05, 3.63) is 0 Å². The van der Waals surface area contributed by atoms with Crippen LogP contribution in [0.2, 0.25) is 0 Å². The number of hydrogen-bond donors (Lipinski definition) is 1. The Morgan fingerprint density at radius 1 is 1.44 bits per heavy atom. The lowest BCUT2D eigenvalue weighted by molar-refractivity contribution is -0.0138. The van der Waals surface area contributed by atoms with Gasteiger partial charge in [-0.2, -0.15) is 0 Å². The second kappa shape index (κ2) is 7.25. The van der Waals surface area contributed by atoms with Gasteiger partial charge in [0.05, 0.1) is 12.2 Å². The van der Waals surface area contributed by atoms with E-state index in [1.54, 1.807) is 0 Å². The Morgan fingerprint density at radius 3 is 2.81 bits per heavy atom. The molecule has 1 rings (SSSR count). The SMILES string of the molecule is CCOC1CCCN(CC(O)C(C)CC)C1. The Kier molecular flexibility index (Phi) is 6.32. The molecule has 1 fully saturated rings. The zero-order valence-electron chi connectivity index (χ0n) is 11.0. The summed E-state index contributed by atoms with van der Waals surface area (Å²) in [6.45, 7) is 10.00. The van der Waals surface area contributed by atoms with Gasteiger partial charge in [0.25, 0.3) is 0 Å². The van der Waals surface area contributed by atoms with Crippen LogP contribution in [0.3, 0.4) is 0 Å². The van der Waals surface area contributed by atoms with Crippen LogP contribution in [-0.4, -0.2) is 48.5 Å². The maximum absolute atomic E-state index is 10.0. The topological polar surface area (TPSA) is 32.7 Å². The molecule has 0 saturated carbocycles. The monoisotopic (exact) mass is 229 g/mol. The van der Waals surface area contributed by atoms with Gasteiger partial charge < -0.3 is 9.84 Å². The fraction of sp³-hybridized carbons (Fsp3) is 1.00. The average Bonchev–Trinajstić information content (AvgIpc) is 2.29. The van der Waals surface area contributed by atoms with E-state index in [1.807, 2.05) is 6.92 Å². The molecule has 3 atom stereocenters. The smallest absolute Gasteiger partial charge is 0.0702 e. The van der Waals surface area contributed by atoms with E-state index in [4.69, 9.17) is 4.74 Å². The van der Waals surface area contributed by atoms with Crippen molar-refractivity contribution in [3.63, 3.8) is 0 Å². The predicted octanol–water partition coefficient (Wildman–Crippen LogP) is 1.89. The molecule has 1 N–H and O–H groups in total. The molecule has 1 aliphatic rings. The van der Waals surface area contributed by atoms with Crippen molar-refractivity contribution in [1.29, 1.82) is 0 Å². The van der Waals surface area contributed by atoms with Gasteiger partial charge in [-0.15, -0.1) is 0 Å². The molecule has 96 valence electrons. The lowest BCUT2D eigenvalue weighted by atomic mass is 10.00. The highest BCUT2D eigenvalue weighted by Crippen LogP contribution is 2.16. The van der Waals surface area contributed by atoms with Gasteiger partial charge in [-0.05, 0) is 32.2 Å². The van der Waals surface area contributed by atoms with Crippen molar-refractivity contribution in [3.8, 4) is 0 Å². The highest BCUT2D eigenvalue weighted by atomic mass is 16.5. The van der Waals surface area contributed by atoms with Crippen LogP contribution in [0.15, 0.2) is 0 Å². The molecule has 0 aromatic carbocycles. The first-order chi connectivity index (χ1) is 7.67. The van der Waals surface area contributed by atoms with Gasteiger partial charge in [-0.1, -0.05) is 20.3 Å². The third-order valence-corrected chi connectivity index (χ3v) is 3.61. The number of β-amino-alcohol motifs (C(OH)–C–C–N with tert-alkyl or cyclic N) is 1. The van der Waals surface area contributed by atoms with Crippen LogP contribution in [0.4, 0.5) is 0 Å². The predicted molar refractivity (Wildman–Crippen MR) is 66.5 cm³/mol. The molecule has 1 aliphatic heterocycles. The molecule has 0 bridgehead atoms. The molecule has 0 aromatic rings. The number of ether oxygens (including phenoxy) is 1. The highest BCUT2D eigenvalue weighted by Gasteiger charge is 2.23. The van der Waals surface area contributed by atoms with E-state index >= 15 is 0 Å². The van der Waals surface area contributed by atoms with Crippen LogP contribution >= 0.6 is 0 Å². The van der Waals surface area contributed by atoms with Crippen molar-refractivity contribution in [1.82, 2.24) is 4.90 Å². The second-order valence-corrected chi connectivity index (χ2v) is 4.93. The molecular formula is C13H27NO2. The van der Waals surface area contributed by atoms with Crippen LogP contribution < -0.4 is 0 Å². The number of rotatable bonds is 6. The maximum Gasteiger partial charge on any atom is 0.0702 e. The summed E-state index contributed by atoms with van der Waals surface area (Å²) in [6, 6.07) is 0. The minimum absolute atomic E-state index is 0.189. The Morgan fingerprint density at radius 2 is 2.19 bits per heavy atom. The van der Waals surface area contributed by atoms with E-state index in [-0.39, 0.29) is 6.10 Å². The third-order valence-electron chi connectivity index (χ3n) is 3.61. The largest absolute Gasteiger partial charge is 0.392 e. The van der Waals surface area contributed by atoms with Gasteiger partial charge in [0.15, 0.2) is 0 Å². The van der Waals surface area contributed by atoms with Crippen LogP contribution in [-0.2, 0) is 4.74 Å². The first-order valence-corrected chi connectivity index (χ1v) is 6.69. The van der Waals surface area contributed by atoms with Crippen LogP contribution in [0.25, 0.3) is 0 Å². The first kappa shape index (κ1) is 13.9. The lowest BCUT2D eigenvalue weighted by Crippen LogP contribution is -2.44. The molecule has 0 aliphatic carbocycles. The van der Waals surface area contributed by atoms with E-state index in [2.05, 4.69) is 18.7 Å². The number of aliphatic hydroxyl groups is 1. The van der Waals surface area contributed by atoms with Crippen molar-refractivity contribution in [2.45, 2.75) is 52.2 Å². The molecule has 0 amide bonds. The van der Waals surface area contributed by atoms with Gasteiger partial charge in [0, 0.05) is 19.7 Å². The van der Waals surface area contributed by atoms with Crippen molar-refractivity contribution in [2.75, 3.05) is 26.2 Å². The number of likely N-dealkylation sites (tertiary alicyclic amines) is 1. The average molecular weight is 229 g/mol. The molecule has 16 heavy (non-hydrogen) atoms. The molecule has 1 saturated heterocycles. The third kappa shape index (κ3) is 4.40. The van der Waals surface area contributed by atoms with Crippen molar-refractivity contribution in [2.24, 2.45) is 5.92 Å². The van der Waals surface area contributed by atoms with Crippen LogP contribution in [0.5, 0.6) is 0 Å². The fourth-order valence-electron chi connectivity index (χ4n) is 2.27. The highest BCUT2D eigenvalue weighted by molar-refractivity contribution is 4.76. The van der Waals surface area contributed by atoms with E-state index in [9.17, 15) is 5.11 Å². The number of hydrogen-bond acceptors (Lipinski definition) is 3. The minimum Gasteiger partial charge on any atom is -0.392 e. The first-order valence-electron chi connectivity index (χ1n) is 6.69. The lowest BCUT2D eigenvalue weighted by Gasteiger charge is -2.34. The molecular weight excluding hydrogens is 202 g/mol. The molecule has 0 spiro atoms. The number of nitrogens with zero attached hydrogens (tertiary/aromatic N) is 1. The Bertz CT molecular complexity index is 185. The number of aliphatic hydroxyl groups excluding tert-OH is 1. The fourth-order valence-corrected chi connectivity index (χ4v) is 2.27. The second-order valence-electron chi connectivity index (χ2n) is 4.93. The summed E-state index contributed by atoms with van der Waals surface area (Å²) in [7, 11) is 0. The standard InChI is InChI=1S/C13H27NO2/c1-4-11(3)13(15)10-14-8-6-7-12(9-14)16-5-2/h11-13,15H,4-10H2,1-3H3. The summed E-state index contributed by atoms with van der Waals surface area (Å²) in [6.07, 6.45) is 3.60. The molecule has 0 radical (unpaired) electrons. The summed E-state index contributed by atoms with van der Waals surface area (Å²) >= 11 is 0. The van der Waals surface area contributed by atoms with E-state index < -0.39 is 0 Å². The quantitative estimate of drug-likeness (QED) is 0.755. The molecule has 3 nitrogen and oxygen atoms in total. The molecule has 0 aromatic heterocycles. The van der Waals surface area contributed by atoms with Gasteiger partial charge in [0.2, 0.25) is 0 Å². The Labute approximate surface area is 99.8 Å². The zero-order valence-corrected chi connectivity index (χ0v) is 11.0. The van der Waals surface area contributed by atoms with Gasteiger partial charge in [0.1, 0.15) is 0 Å². The van der Waals surface area contributed by atoms with Crippen LogP contribution in [0, 0.1) is 5.92 Å². The van der Waals surface area contributed by atoms with E-state index in [1.165, 1.54) is 12.8 Å². The molecule has 3 heteroatoms.